The van der Waals surface area contributed by atoms with Crippen LogP contribution in [0.3, 0.4) is 0 Å². The number of thiol groups is 1. The Morgan fingerprint density at radius 3 is 2.17 bits per heavy atom. The lowest BCUT2D eigenvalue weighted by Crippen LogP contribution is -1.86. The van der Waals surface area contributed by atoms with Gasteiger partial charge >= 0.3 is 8.60 Å². The second-order valence-electron chi connectivity index (χ2n) is 2.75. The predicted molar refractivity (Wildman–Crippen MR) is 86.1 cm³/mol. The average molecular weight is 356 g/mol. The first-order valence-corrected chi connectivity index (χ1v) is 11.1. The molecule has 0 fully saturated rings. The summed E-state index contributed by atoms with van der Waals surface area (Å²) in [5.41, 5.74) is 0. The van der Waals surface area contributed by atoms with Crippen molar-refractivity contribution in [3.63, 3.8) is 0 Å². The van der Waals surface area contributed by atoms with Crippen LogP contribution >= 0.6 is 50.7 Å². The van der Waals surface area contributed by atoms with Crippen molar-refractivity contribution in [1.82, 2.24) is 0 Å². The van der Waals surface area contributed by atoms with E-state index < -0.39 is 8.60 Å². The fourth-order valence-electron chi connectivity index (χ4n) is 0.783. The Bertz CT molecular complexity index is 135. The molecule has 0 aliphatic heterocycles. The summed E-state index contributed by atoms with van der Waals surface area (Å²) >= 11 is 4.02. The van der Waals surface area contributed by atoms with Crippen molar-refractivity contribution in [2.45, 2.75) is 32.6 Å². The summed E-state index contributed by atoms with van der Waals surface area (Å²) in [5.74, 6) is 1.28. The highest BCUT2D eigenvalue weighted by atomic mass is 33.7. The second kappa shape index (κ2) is 20.9. The molecular weight excluding hydrogens is 335 g/mol. The zero-order chi connectivity index (χ0) is 14.1. The standard InChI is InChI=1S/C6H14S4.C2H7O5P/c1-2-3-4-5-6-8-10-9-7;1-4-6-8(3)7-5-2/h7H,2-6H2,1H3;3H,1-2H3. The van der Waals surface area contributed by atoms with E-state index in [9.17, 15) is 0 Å². The molecule has 0 aromatic heterocycles. The molecule has 0 aliphatic carbocycles. The lowest BCUT2D eigenvalue weighted by Gasteiger charge is -2.02. The van der Waals surface area contributed by atoms with Gasteiger partial charge in [-0.25, -0.2) is 9.78 Å². The number of unbranched alkanes of at least 4 members (excludes halogenated alkanes) is 3. The van der Waals surface area contributed by atoms with Gasteiger partial charge in [0.25, 0.3) is 0 Å². The molecule has 0 amide bonds. The molecule has 0 spiro atoms. The smallest absolute Gasteiger partial charge is 0.325 e. The Kier molecular flexibility index (Phi) is 25.5. The van der Waals surface area contributed by atoms with E-state index in [0.29, 0.717) is 0 Å². The molecule has 1 N–H and O–H groups in total. The van der Waals surface area contributed by atoms with Crippen molar-refractivity contribution in [1.29, 1.82) is 0 Å². The maximum Gasteiger partial charge on any atom is 0.389 e. The first kappa shape index (κ1) is 21.9. The van der Waals surface area contributed by atoms with Gasteiger partial charge < -0.3 is 4.89 Å². The maximum absolute atomic E-state index is 8.42. The third-order valence-electron chi connectivity index (χ3n) is 1.44. The van der Waals surface area contributed by atoms with Crippen LogP contribution in [0.25, 0.3) is 0 Å². The fraction of sp³-hybridized carbons (Fsp3) is 1.00. The molecule has 112 valence electrons. The highest BCUT2D eigenvalue weighted by Crippen LogP contribution is 2.37. The topological polar surface area (TPSA) is 57.2 Å². The minimum Gasteiger partial charge on any atom is -0.325 e. The molecular formula is C8H21O5PS4. The van der Waals surface area contributed by atoms with Crippen LogP contribution in [0.1, 0.15) is 32.6 Å². The summed E-state index contributed by atoms with van der Waals surface area (Å²) < 4.78 is 8.11. The van der Waals surface area contributed by atoms with Gasteiger partial charge in [-0.3, -0.25) is 0 Å². The van der Waals surface area contributed by atoms with Crippen LogP contribution in [-0.4, -0.2) is 24.9 Å². The fourth-order valence-corrected chi connectivity index (χ4v) is 4.34. The van der Waals surface area contributed by atoms with Crippen molar-refractivity contribution in [2.75, 3.05) is 20.0 Å². The van der Waals surface area contributed by atoms with Gasteiger partial charge in [0.15, 0.2) is 0 Å². The number of hydrogen-bond acceptors (Lipinski definition) is 9. The minimum atomic E-state index is -2.03. The van der Waals surface area contributed by atoms with Crippen molar-refractivity contribution < 1.29 is 24.0 Å². The van der Waals surface area contributed by atoms with Crippen LogP contribution in [0.15, 0.2) is 0 Å². The highest BCUT2D eigenvalue weighted by Gasteiger charge is 2.04. The Morgan fingerprint density at radius 1 is 1.11 bits per heavy atom. The van der Waals surface area contributed by atoms with Crippen LogP contribution in [-0.2, 0) is 19.1 Å². The quantitative estimate of drug-likeness (QED) is 0.137. The highest BCUT2D eigenvalue weighted by molar-refractivity contribution is 9.23. The average Bonchev–Trinajstić information content (AvgIpc) is 2.35. The van der Waals surface area contributed by atoms with E-state index in [0.717, 1.165) is 0 Å². The van der Waals surface area contributed by atoms with E-state index in [4.69, 9.17) is 4.89 Å². The summed E-state index contributed by atoms with van der Waals surface area (Å²) in [6, 6.07) is 0. The summed E-state index contributed by atoms with van der Waals surface area (Å²) in [6.07, 6.45) is 5.47. The molecule has 0 aliphatic rings. The molecule has 0 saturated carbocycles. The third kappa shape index (κ3) is 22.8. The van der Waals surface area contributed by atoms with E-state index in [2.05, 4.69) is 37.7 Å². The van der Waals surface area contributed by atoms with E-state index in [1.807, 2.05) is 10.8 Å². The first-order valence-electron chi connectivity index (χ1n) is 5.23. The molecule has 0 heterocycles. The normalized spacial score (nSPS) is 10.3. The molecule has 5 nitrogen and oxygen atoms in total. The predicted octanol–water partition coefficient (Wildman–Crippen LogP) is 4.80. The van der Waals surface area contributed by atoms with Crippen molar-refractivity contribution in [2.24, 2.45) is 0 Å². The summed E-state index contributed by atoms with van der Waals surface area (Å²) in [5, 5.41) is 0. The number of hydrogen-bond donors (Lipinski definition) is 2. The van der Waals surface area contributed by atoms with Gasteiger partial charge in [0.05, 0.1) is 14.2 Å². The Hall–Kier alpha value is 1.63. The van der Waals surface area contributed by atoms with Gasteiger partial charge in [-0.05, 0) is 26.1 Å². The van der Waals surface area contributed by atoms with Crippen molar-refractivity contribution >= 4 is 50.7 Å². The van der Waals surface area contributed by atoms with E-state index in [1.54, 1.807) is 9.83 Å². The van der Waals surface area contributed by atoms with Gasteiger partial charge in [-0.1, -0.05) is 48.6 Å². The van der Waals surface area contributed by atoms with Gasteiger partial charge in [0.2, 0.25) is 0 Å². The van der Waals surface area contributed by atoms with Crippen molar-refractivity contribution in [3.05, 3.63) is 0 Å². The molecule has 0 atom stereocenters. The summed E-state index contributed by atoms with van der Waals surface area (Å²) in [7, 11) is 5.69. The molecule has 18 heavy (non-hydrogen) atoms. The van der Waals surface area contributed by atoms with Crippen LogP contribution in [0, 0.1) is 0 Å². The lowest BCUT2D eigenvalue weighted by molar-refractivity contribution is -0.242. The van der Waals surface area contributed by atoms with Gasteiger partial charge in [-0.15, -0.1) is 0 Å². The van der Waals surface area contributed by atoms with Crippen LogP contribution in [0.5, 0.6) is 0 Å². The molecule has 0 bridgehead atoms. The lowest BCUT2D eigenvalue weighted by atomic mass is 10.2. The molecule has 0 aromatic carbocycles. The largest absolute Gasteiger partial charge is 0.389 e. The molecule has 0 saturated heterocycles. The summed E-state index contributed by atoms with van der Waals surface area (Å²) in [6.45, 7) is 2.24. The van der Waals surface area contributed by atoms with E-state index >= 15 is 0 Å². The van der Waals surface area contributed by atoms with Crippen LogP contribution in [0.4, 0.5) is 0 Å². The maximum atomic E-state index is 8.42. The minimum absolute atomic E-state index is 1.25. The van der Waals surface area contributed by atoms with E-state index in [1.165, 1.54) is 55.5 Å². The molecule has 0 rings (SSSR count). The monoisotopic (exact) mass is 356 g/mol. The molecule has 10 heteroatoms. The van der Waals surface area contributed by atoms with Gasteiger partial charge in [0, 0.05) is 5.75 Å². The Balaban J connectivity index is 0. The molecule has 0 aromatic rings. The van der Waals surface area contributed by atoms with Gasteiger partial charge in [0.1, 0.15) is 0 Å². The van der Waals surface area contributed by atoms with E-state index in [-0.39, 0.29) is 0 Å². The Morgan fingerprint density at radius 2 is 1.72 bits per heavy atom. The van der Waals surface area contributed by atoms with Gasteiger partial charge in [-0.2, -0.15) is 9.35 Å². The van der Waals surface area contributed by atoms with Crippen molar-refractivity contribution in [3.8, 4) is 0 Å². The first-order chi connectivity index (χ1) is 8.72. The Labute approximate surface area is 127 Å². The molecule has 0 unspecified atom stereocenters. The van der Waals surface area contributed by atoms with Crippen LogP contribution < -0.4 is 0 Å². The zero-order valence-corrected chi connectivity index (χ0v) is 15.0. The second-order valence-corrected chi connectivity index (χ2v) is 8.58. The molecule has 0 radical (unpaired) electrons. The third-order valence-corrected chi connectivity index (χ3v) is 6.63. The number of rotatable bonds is 11. The SMILES string of the molecule is CCCCCCSSSS.COOP(O)OOC. The van der Waals surface area contributed by atoms with Crippen LogP contribution in [0.2, 0.25) is 0 Å². The zero-order valence-electron chi connectivity index (χ0n) is 10.7. The summed E-state index contributed by atoms with van der Waals surface area (Å²) in [4.78, 5) is 16.5.